The SMILES string of the molecule is CCOC(=O)C[Si](C)(C)CC. The van der Waals surface area contributed by atoms with Crippen molar-refractivity contribution < 1.29 is 9.53 Å². The Morgan fingerprint density at radius 2 is 1.91 bits per heavy atom. The van der Waals surface area contributed by atoms with Gasteiger partial charge in [-0.2, -0.15) is 0 Å². The number of hydrogen-bond donors (Lipinski definition) is 0. The number of hydrogen-bond acceptors (Lipinski definition) is 2. The quantitative estimate of drug-likeness (QED) is 0.483. The van der Waals surface area contributed by atoms with E-state index >= 15 is 0 Å². The first-order valence-corrected chi connectivity index (χ1v) is 7.59. The lowest BCUT2D eigenvalue weighted by atomic mass is 10.8. The molecule has 66 valence electrons. The topological polar surface area (TPSA) is 26.3 Å². The molecule has 0 aliphatic heterocycles. The van der Waals surface area contributed by atoms with Gasteiger partial charge in [0.05, 0.1) is 14.7 Å². The molecular formula is C8H18O2Si. The first-order chi connectivity index (χ1) is 5.02. The van der Waals surface area contributed by atoms with Crippen molar-refractivity contribution in [1.82, 2.24) is 0 Å². The lowest BCUT2D eigenvalue weighted by Crippen LogP contribution is -2.28. The molecule has 0 spiro atoms. The number of esters is 1. The third-order valence-electron chi connectivity index (χ3n) is 1.89. The Balaban J connectivity index is 3.74. The molecule has 0 saturated heterocycles. The van der Waals surface area contributed by atoms with E-state index < -0.39 is 8.07 Å². The summed E-state index contributed by atoms with van der Waals surface area (Å²) in [5, 5.41) is 0. The molecule has 3 heteroatoms. The van der Waals surface area contributed by atoms with Gasteiger partial charge in [-0.15, -0.1) is 0 Å². The molecule has 0 atom stereocenters. The van der Waals surface area contributed by atoms with Gasteiger partial charge >= 0.3 is 5.97 Å². The van der Waals surface area contributed by atoms with Crippen LogP contribution in [0.5, 0.6) is 0 Å². The fraction of sp³-hybridized carbons (Fsp3) is 0.875. The van der Waals surface area contributed by atoms with Crippen molar-refractivity contribution in [2.75, 3.05) is 6.61 Å². The summed E-state index contributed by atoms with van der Waals surface area (Å²) >= 11 is 0. The number of rotatable bonds is 4. The van der Waals surface area contributed by atoms with Gasteiger partial charge in [-0.25, -0.2) is 0 Å². The van der Waals surface area contributed by atoms with Crippen LogP contribution >= 0.6 is 0 Å². The molecule has 0 fully saturated rings. The van der Waals surface area contributed by atoms with Crippen LogP contribution in [0.25, 0.3) is 0 Å². The van der Waals surface area contributed by atoms with Gasteiger partial charge < -0.3 is 4.74 Å². The molecular weight excluding hydrogens is 156 g/mol. The molecule has 0 rings (SSSR count). The van der Waals surface area contributed by atoms with Gasteiger partial charge in [0.2, 0.25) is 0 Å². The molecule has 0 aromatic heterocycles. The van der Waals surface area contributed by atoms with Crippen molar-refractivity contribution in [3.63, 3.8) is 0 Å². The van der Waals surface area contributed by atoms with Gasteiger partial charge in [-0.3, -0.25) is 4.79 Å². The number of ether oxygens (including phenoxy) is 1. The second kappa shape index (κ2) is 4.54. The monoisotopic (exact) mass is 174 g/mol. The molecule has 11 heavy (non-hydrogen) atoms. The van der Waals surface area contributed by atoms with Crippen LogP contribution in [-0.4, -0.2) is 20.7 Å². The summed E-state index contributed by atoms with van der Waals surface area (Å²) in [6.45, 7) is 8.92. The van der Waals surface area contributed by atoms with Crippen molar-refractivity contribution in [2.45, 2.75) is 39.0 Å². The second-order valence-corrected chi connectivity index (χ2v) is 8.89. The molecule has 0 aromatic carbocycles. The third-order valence-corrected chi connectivity index (χ3v) is 5.05. The van der Waals surface area contributed by atoms with Crippen molar-refractivity contribution in [3.8, 4) is 0 Å². The van der Waals surface area contributed by atoms with E-state index in [0.717, 1.165) is 6.04 Å². The lowest BCUT2D eigenvalue weighted by Gasteiger charge is -2.17. The molecule has 0 heterocycles. The summed E-state index contributed by atoms with van der Waals surface area (Å²) in [6, 6.07) is 1.81. The van der Waals surface area contributed by atoms with Crippen molar-refractivity contribution >= 4 is 14.0 Å². The highest BCUT2D eigenvalue weighted by Gasteiger charge is 2.22. The largest absolute Gasteiger partial charge is 0.466 e. The van der Waals surface area contributed by atoms with E-state index in [9.17, 15) is 4.79 Å². The number of carbonyl (C=O) groups excluding carboxylic acids is 1. The van der Waals surface area contributed by atoms with E-state index in [1.54, 1.807) is 0 Å². The molecule has 0 radical (unpaired) electrons. The van der Waals surface area contributed by atoms with Gasteiger partial charge in [-0.05, 0) is 6.92 Å². The maximum atomic E-state index is 11.0. The zero-order valence-corrected chi connectivity index (χ0v) is 8.94. The fourth-order valence-electron chi connectivity index (χ4n) is 0.728. The van der Waals surface area contributed by atoms with Gasteiger partial charge in [0.25, 0.3) is 0 Å². The van der Waals surface area contributed by atoms with Gasteiger partial charge in [0, 0.05) is 6.04 Å². The zero-order valence-electron chi connectivity index (χ0n) is 7.94. The first-order valence-electron chi connectivity index (χ1n) is 4.17. The Morgan fingerprint density at radius 1 is 1.36 bits per heavy atom. The predicted molar refractivity (Wildman–Crippen MR) is 49.4 cm³/mol. The Hall–Kier alpha value is -0.313. The molecule has 0 aliphatic carbocycles. The molecule has 0 saturated carbocycles. The molecule has 2 nitrogen and oxygen atoms in total. The van der Waals surface area contributed by atoms with E-state index in [2.05, 4.69) is 20.0 Å². The zero-order chi connectivity index (χ0) is 8.91. The Kier molecular flexibility index (Phi) is 4.41. The van der Waals surface area contributed by atoms with Crippen LogP contribution in [0.4, 0.5) is 0 Å². The third kappa shape index (κ3) is 5.01. The van der Waals surface area contributed by atoms with E-state index in [-0.39, 0.29) is 5.97 Å². The average Bonchev–Trinajstić information content (AvgIpc) is 1.87. The Bertz CT molecular complexity index is 132. The second-order valence-electron chi connectivity index (χ2n) is 3.50. The van der Waals surface area contributed by atoms with Gasteiger partial charge in [0.15, 0.2) is 0 Å². The van der Waals surface area contributed by atoms with E-state index in [1.807, 2.05) is 6.92 Å². The maximum Gasteiger partial charge on any atom is 0.303 e. The highest BCUT2D eigenvalue weighted by atomic mass is 28.3. The van der Waals surface area contributed by atoms with Crippen LogP contribution in [0.3, 0.4) is 0 Å². The maximum absolute atomic E-state index is 11.0. The Morgan fingerprint density at radius 3 is 2.27 bits per heavy atom. The summed E-state index contributed by atoms with van der Waals surface area (Å²) in [5.41, 5.74) is 0. The molecule has 0 bridgehead atoms. The lowest BCUT2D eigenvalue weighted by molar-refractivity contribution is -0.140. The van der Waals surface area contributed by atoms with Gasteiger partial charge in [-0.1, -0.05) is 26.1 Å². The van der Waals surface area contributed by atoms with Gasteiger partial charge in [0.1, 0.15) is 0 Å². The molecule has 0 N–H and O–H groups in total. The van der Waals surface area contributed by atoms with Crippen LogP contribution in [0.1, 0.15) is 13.8 Å². The van der Waals surface area contributed by atoms with Crippen molar-refractivity contribution in [3.05, 3.63) is 0 Å². The normalized spacial score (nSPS) is 11.3. The molecule has 0 amide bonds. The van der Waals surface area contributed by atoms with Crippen LogP contribution < -0.4 is 0 Å². The number of carbonyl (C=O) groups is 1. The molecule has 0 aromatic rings. The van der Waals surface area contributed by atoms with E-state index in [4.69, 9.17) is 4.74 Å². The fourth-order valence-corrected chi connectivity index (χ4v) is 1.86. The summed E-state index contributed by atoms with van der Waals surface area (Å²) in [6.07, 6.45) is 0. The minimum absolute atomic E-state index is 0.0222. The predicted octanol–water partition coefficient (Wildman–Crippen LogP) is 2.28. The molecule has 0 unspecified atom stereocenters. The van der Waals surface area contributed by atoms with Crippen LogP contribution in [0, 0.1) is 0 Å². The standard InChI is InChI=1S/C8H18O2Si/c1-5-10-8(9)7-11(3,4)6-2/h5-7H2,1-4H3. The van der Waals surface area contributed by atoms with Crippen molar-refractivity contribution in [1.29, 1.82) is 0 Å². The highest BCUT2D eigenvalue weighted by molar-refractivity contribution is 6.79. The summed E-state index contributed by atoms with van der Waals surface area (Å²) in [5.74, 6) is -0.0222. The van der Waals surface area contributed by atoms with Crippen LogP contribution in [-0.2, 0) is 9.53 Å². The van der Waals surface area contributed by atoms with Crippen molar-refractivity contribution in [2.24, 2.45) is 0 Å². The van der Waals surface area contributed by atoms with E-state index in [1.165, 1.54) is 0 Å². The minimum atomic E-state index is -1.25. The highest BCUT2D eigenvalue weighted by Crippen LogP contribution is 2.14. The minimum Gasteiger partial charge on any atom is -0.466 e. The van der Waals surface area contributed by atoms with Crippen LogP contribution in [0.15, 0.2) is 0 Å². The summed E-state index contributed by atoms with van der Waals surface area (Å²) in [4.78, 5) is 11.0. The molecule has 0 aliphatic rings. The average molecular weight is 174 g/mol. The van der Waals surface area contributed by atoms with Crippen LogP contribution in [0.2, 0.25) is 25.2 Å². The smallest absolute Gasteiger partial charge is 0.303 e. The van der Waals surface area contributed by atoms with E-state index in [0.29, 0.717) is 12.7 Å². The first kappa shape index (κ1) is 10.7. The Labute approximate surface area is 69.9 Å². The summed E-state index contributed by atoms with van der Waals surface area (Å²) in [7, 11) is -1.25. The summed E-state index contributed by atoms with van der Waals surface area (Å²) < 4.78 is 4.88.